The highest BCUT2D eigenvalue weighted by molar-refractivity contribution is 6.31. The molecular weight excluding hydrogens is 338 g/mol. The largest absolute Gasteiger partial charge is 0.493 e. The van der Waals surface area contributed by atoms with Crippen LogP contribution in [0.5, 0.6) is 11.5 Å². The minimum atomic E-state index is 0.400. The number of hydrogen-bond donors (Lipinski definition) is 1. The van der Waals surface area contributed by atoms with Crippen LogP contribution in [0.2, 0.25) is 5.02 Å². The van der Waals surface area contributed by atoms with Crippen molar-refractivity contribution in [2.24, 2.45) is 0 Å². The Morgan fingerprint density at radius 1 is 1.04 bits per heavy atom. The van der Waals surface area contributed by atoms with E-state index in [0.29, 0.717) is 18.2 Å². The number of rotatable bonds is 11. The molecule has 1 N–H and O–H groups in total. The van der Waals surface area contributed by atoms with Gasteiger partial charge in [-0.3, -0.25) is 0 Å². The van der Waals surface area contributed by atoms with Gasteiger partial charge >= 0.3 is 0 Å². The summed E-state index contributed by atoms with van der Waals surface area (Å²) in [7, 11) is 1.65. The van der Waals surface area contributed by atoms with E-state index < -0.39 is 0 Å². The monoisotopic (exact) mass is 363 g/mol. The Labute approximate surface area is 155 Å². The van der Waals surface area contributed by atoms with E-state index in [0.717, 1.165) is 48.8 Å². The molecule has 0 saturated heterocycles. The molecule has 0 aliphatic rings. The Morgan fingerprint density at radius 2 is 1.84 bits per heavy atom. The van der Waals surface area contributed by atoms with Crippen molar-refractivity contribution in [2.45, 2.75) is 26.5 Å². The highest BCUT2D eigenvalue weighted by Gasteiger charge is 2.11. The average Bonchev–Trinajstić information content (AvgIpc) is 2.64. The molecule has 0 saturated carbocycles. The highest BCUT2D eigenvalue weighted by atomic mass is 35.5. The van der Waals surface area contributed by atoms with Gasteiger partial charge in [-0.1, -0.05) is 41.9 Å². The molecule has 0 aliphatic carbocycles. The number of benzene rings is 2. The van der Waals surface area contributed by atoms with E-state index in [1.807, 2.05) is 49.4 Å². The zero-order chi connectivity index (χ0) is 17.9. The van der Waals surface area contributed by atoms with Crippen LogP contribution in [0.4, 0.5) is 0 Å². The van der Waals surface area contributed by atoms with E-state index in [9.17, 15) is 0 Å². The summed E-state index contributed by atoms with van der Waals surface area (Å²) in [6.07, 6.45) is 0.980. The van der Waals surface area contributed by atoms with Crippen LogP contribution in [0.25, 0.3) is 0 Å². The van der Waals surface area contributed by atoms with Crippen LogP contribution >= 0.6 is 11.6 Å². The van der Waals surface area contributed by atoms with E-state index in [1.165, 1.54) is 0 Å². The summed E-state index contributed by atoms with van der Waals surface area (Å²) >= 11 is 6.21. The highest BCUT2D eigenvalue weighted by Crippen LogP contribution is 2.32. The molecule has 0 aliphatic heterocycles. The SMILES string of the molecule is CCOCCCNCc1cccc(OC)c1OCc1ccccc1Cl. The third kappa shape index (κ3) is 6.24. The first-order valence-corrected chi connectivity index (χ1v) is 8.94. The van der Waals surface area contributed by atoms with Crippen LogP contribution in [0.1, 0.15) is 24.5 Å². The van der Waals surface area contributed by atoms with E-state index in [1.54, 1.807) is 7.11 Å². The molecule has 2 aromatic rings. The third-order valence-electron chi connectivity index (χ3n) is 3.77. The molecule has 136 valence electrons. The Hall–Kier alpha value is -1.75. The molecule has 0 fully saturated rings. The van der Waals surface area contributed by atoms with Gasteiger partial charge in [0.15, 0.2) is 11.5 Å². The first-order chi connectivity index (χ1) is 12.3. The second-order valence-electron chi connectivity index (χ2n) is 5.56. The van der Waals surface area contributed by atoms with Crippen molar-refractivity contribution in [3.05, 3.63) is 58.6 Å². The maximum Gasteiger partial charge on any atom is 0.166 e. The molecule has 4 nitrogen and oxygen atoms in total. The molecule has 2 rings (SSSR count). The van der Waals surface area contributed by atoms with Gasteiger partial charge in [-0.05, 0) is 32.0 Å². The second kappa shape index (κ2) is 11.0. The molecule has 0 unspecified atom stereocenters. The normalized spacial score (nSPS) is 10.7. The van der Waals surface area contributed by atoms with Gasteiger partial charge in [0.1, 0.15) is 6.61 Å². The summed E-state index contributed by atoms with van der Waals surface area (Å²) in [4.78, 5) is 0. The number of ether oxygens (including phenoxy) is 3. The van der Waals surface area contributed by atoms with Crippen LogP contribution in [0, 0.1) is 0 Å². The molecule has 25 heavy (non-hydrogen) atoms. The molecule has 0 radical (unpaired) electrons. The summed E-state index contributed by atoms with van der Waals surface area (Å²) < 4.78 is 16.9. The third-order valence-corrected chi connectivity index (χ3v) is 4.14. The zero-order valence-corrected chi connectivity index (χ0v) is 15.6. The molecule has 0 amide bonds. The predicted octanol–water partition coefficient (Wildman–Crippen LogP) is 4.44. The fraction of sp³-hybridized carbons (Fsp3) is 0.400. The van der Waals surface area contributed by atoms with Crippen LogP contribution in [-0.2, 0) is 17.9 Å². The smallest absolute Gasteiger partial charge is 0.166 e. The van der Waals surface area contributed by atoms with Crippen LogP contribution in [0.15, 0.2) is 42.5 Å². The molecule has 0 heterocycles. The first-order valence-electron chi connectivity index (χ1n) is 8.56. The van der Waals surface area contributed by atoms with Gasteiger partial charge in [-0.2, -0.15) is 0 Å². The molecule has 0 aromatic heterocycles. The topological polar surface area (TPSA) is 39.7 Å². The van der Waals surface area contributed by atoms with Gasteiger partial charge < -0.3 is 19.5 Å². The number of para-hydroxylation sites is 1. The van der Waals surface area contributed by atoms with E-state index in [2.05, 4.69) is 5.32 Å². The fourth-order valence-electron chi connectivity index (χ4n) is 2.46. The maximum atomic E-state index is 6.21. The van der Waals surface area contributed by atoms with Crippen LogP contribution in [-0.4, -0.2) is 26.9 Å². The Bertz CT molecular complexity index is 649. The minimum Gasteiger partial charge on any atom is -0.493 e. The average molecular weight is 364 g/mol. The fourth-order valence-corrected chi connectivity index (χ4v) is 2.65. The lowest BCUT2D eigenvalue weighted by atomic mass is 10.1. The number of nitrogens with one attached hydrogen (secondary N) is 1. The molecule has 0 bridgehead atoms. The predicted molar refractivity (Wildman–Crippen MR) is 102 cm³/mol. The Balaban J connectivity index is 1.98. The maximum absolute atomic E-state index is 6.21. The molecule has 5 heteroatoms. The van der Waals surface area contributed by atoms with Gasteiger partial charge in [0.2, 0.25) is 0 Å². The van der Waals surface area contributed by atoms with Crippen LogP contribution < -0.4 is 14.8 Å². The van der Waals surface area contributed by atoms with Gasteiger partial charge in [0.05, 0.1) is 7.11 Å². The molecule has 2 aromatic carbocycles. The molecule has 0 atom stereocenters. The van der Waals surface area contributed by atoms with E-state index >= 15 is 0 Å². The van der Waals surface area contributed by atoms with Gasteiger partial charge in [-0.15, -0.1) is 0 Å². The van der Waals surface area contributed by atoms with E-state index in [-0.39, 0.29) is 0 Å². The van der Waals surface area contributed by atoms with Crippen molar-refractivity contribution in [3.63, 3.8) is 0 Å². The van der Waals surface area contributed by atoms with Crippen LogP contribution in [0.3, 0.4) is 0 Å². The summed E-state index contributed by atoms with van der Waals surface area (Å²) in [5.74, 6) is 1.47. The Morgan fingerprint density at radius 3 is 2.60 bits per heavy atom. The number of hydrogen-bond acceptors (Lipinski definition) is 4. The quantitative estimate of drug-likeness (QED) is 0.599. The van der Waals surface area contributed by atoms with Gasteiger partial charge in [-0.25, -0.2) is 0 Å². The van der Waals surface area contributed by atoms with Crippen molar-refractivity contribution < 1.29 is 14.2 Å². The van der Waals surface area contributed by atoms with Gasteiger partial charge in [0, 0.05) is 35.9 Å². The summed E-state index contributed by atoms with van der Waals surface area (Å²) in [5.41, 5.74) is 2.01. The molecule has 0 spiro atoms. The van der Waals surface area contributed by atoms with Crippen molar-refractivity contribution in [1.29, 1.82) is 0 Å². The van der Waals surface area contributed by atoms with Crippen molar-refractivity contribution in [2.75, 3.05) is 26.9 Å². The lowest BCUT2D eigenvalue weighted by Gasteiger charge is -2.16. The lowest BCUT2D eigenvalue weighted by Crippen LogP contribution is -2.17. The van der Waals surface area contributed by atoms with Crippen molar-refractivity contribution in [1.82, 2.24) is 5.32 Å². The second-order valence-corrected chi connectivity index (χ2v) is 5.96. The molecular formula is C20H26ClNO3. The van der Waals surface area contributed by atoms with E-state index in [4.69, 9.17) is 25.8 Å². The minimum absolute atomic E-state index is 0.400. The summed E-state index contributed by atoms with van der Waals surface area (Å²) in [5, 5.41) is 4.12. The summed E-state index contributed by atoms with van der Waals surface area (Å²) in [6, 6.07) is 13.6. The zero-order valence-electron chi connectivity index (χ0n) is 14.9. The number of methoxy groups -OCH3 is 1. The Kier molecular flexibility index (Phi) is 8.60. The van der Waals surface area contributed by atoms with Crippen molar-refractivity contribution >= 4 is 11.6 Å². The van der Waals surface area contributed by atoms with Crippen molar-refractivity contribution in [3.8, 4) is 11.5 Å². The lowest BCUT2D eigenvalue weighted by molar-refractivity contribution is 0.144. The standard InChI is InChI=1S/C20H26ClNO3/c1-3-24-13-7-12-22-14-16-9-6-11-19(23-2)20(16)25-15-17-8-4-5-10-18(17)21/h4-6,8-11,22H,3,7,12-15H2,1-2H3. The van der Waals surface area contributed by atoms with Gasteiger partial charge in [0.25, 0.3) is 0 Å². The first kappa shape index (κ1) is 19.6. The number of halogens is 1. The summed E-state index contributed by atoms with van der Waals surface area (Å²) in [6.45, 7) is 5.54.